The molecular formula is C22H20ClN3O2S. The van der Waals surface area contributed by atoms with Crippen molar-refractivity contribution in [3.05, 3.63) is 81.5 Å². The Balaban J connectivity index is 1.35. The highest BCUT2D eigenvalue weighted by Gasteiger charge is 2.23. The zero-order valence-corrected chi connectivity index (χ0v) is 17.2. The molecule has 0 bridgehead atoms. The third-order valence-electron chi connectivity index (χ3n) is 4.89. The van der Waals surface area contributed by atoms with Crippen molar-refractivity contribution >= 4 is 46.1 Å². The lowest BCUT2D eigenvalue weighted by Crippen LogP contribution is -2.48. The number of amides is 2. The van der Waals surface area contributed by atoms with E-state index in [1.165, 1.54) is 11.3 Å². The van der Waals surface area contributed by atoms with E-state index < -0.39 is 0 Å². The van der Waals surface area contributed by atoms with Gasteiger partial charge in [-0.25, -0.2) is 0 Å². The molecule has 1 aromatic heterocycles. The van der Waals surface area contributed by atoms with Crippen molar-refractivity contribution in [2.24, 2.45) is 0 Å². The van der Waals surface area contributed by atoms with Crippen LogP contribution in [0.15, 0.2) is 66.0 Å². The lowest BCUT2D eigenvalue weighted by Gasteiger charge is -2.36. The van der Waals surface area contributed by atoms with E-state index in [1.807, 2.05) is 40.6 Å². The number of hydrogen-bond acceptors (Lipinski definition) is 4. The van der Waals surface area contributed by atoms with Gasteiger partial charge in [-0.2, -0.15) is 0 Å². The van der Waals surface area contributed by atoms with Gasteiger partial charge in [-0.05, 0) is 47.8 Å². The highest BCUT2D eigenvalue weighted by atomic mass is 35.5. The van der Waals surface area contributed by atoms with Crippen molar-refractivity contribution < 1.29 is 9.59 Å². The number of thiophene rings is 1. The minimum absolute atomic E-state index is 0.0000537. The zero-order chi connectivity index (χ0) is 20.2. The second-order valence-electron chi connectivity index (χ2n) is 6.74. The van der Waals surface area contributed by atoms with Gasteiger partial charge in [0, 0.05) is 37.4 Å². The smallest absolute Gasteiger partial charge is 0.265 e. The van der Waals surface area contributed by atoms with E-state index in [2.05, 4.69) is 10.2 Å². The molecule has 3 aromatic rings. The molecule has 1 saturated heterocycles. The number of para-hydroxylation sites is 1. The number of rotatable bonds is 4. The topological polar surface area (TPSA) is 52.7 Å². The number of piperazine rings is 1. The van der Waals surface area contributed by atoms with E-state index in [9.17, 15) is 9.59 Å². The molecule has 7 heteroatoms. The molecule has 1 aliphatic heterocycles. The molecule has 0 saturated carbocycles. The number of nitrogens with zero attached hydrogens (tertiary/aromatic N) is 2. The molecule has 5 nitrogen and oxygen atoms in total. The minimum Gasteiger partial charge on any atom is -0.367 e. The van der Waals surface area contributed by atoms with Crippen LogP contribution in [0.2, 0.25) is 5.02 Å². The molecule has 4 rings (SSSR count). The van der Waals surface area contributed by atoms with E-state index in [-0.39, 0.29) is 11.8 Å². The van der Waals surface area contributed by atoms with Gasteiger partial charge < -0.3 is 15.1 Å². The Hall–Kier alpha value is -2.83. The fourth-order valence-corrected chi connectivity index (χ4v) is 4.21. The Kier molecular flexibility index (Phi) is 5.83. The first kappa shape index (κ1) is 19.5. The second kappa shape index (κ2) is 8.68. The summed E-state index contributed by atoms with van der Waals surface area (Å²) in [7, 11) is 0. The summed E-state index contributed by atoms with van der Waals surface area (Å²) in [5.41, 5.74) is 2.29. The number of nitrogens with one attached hydrogen (secondary N) is 1. The quantitative estimate of drug-likeness (QED) is 0.663. The van der Waals surface area contributed by atoms with E-state index in [1.54, 1.807) is 30.3 Å². The number of carbonyl (C=O) groups excluding carboxylic acids is 2. The van der Waals surface area contributed by atoms with Gasteiger partial charge in [0.15, 0.2) is 0 Å². The molecule has 1 N–H and O–H groups in total. The highest BCUT2D eigenvalue weighted by Crippen LogP contribution is 2.26. The van der Waals surface area contributed by atoms with Crippen LogP contribution in [0.5, 0.6) is 0 Å². The average molecular weight is 426 g/mol. The summed E-state index contributed by atoms with van der Waals surface area (Å²) in [4.78, 5) is 29.7. The van der Waals surface area contributed by atoms with Crippen LogP contribution >= 0.6 is 22.9 Å². The van der Waals surface area contributed by atoms with Gasteiger partial charge in [0.05, 0.1) is 15.6 Å². The van der Waals surface area contributed by atoms with Gasteiger partial charge in [-0.3, -0.25) is 9.59 Å². The van der Waals surface area contributed by atoms with Gasteiger partial charge in [0.25, 0.3) is 11.8 Å². The number of anilines is 2. The first-order chi connectivity index (χ1) is 14.1. The molecule has 2 amide bonds. The van der Waals surface area contributed by atoms with Gasteiger partial charge in [0.1, 0.15) is 0 Å². The molecular weight excluding hydrogens is 406 g/mol. The first-order valence-electron chi connectivity index (χ1n) is 9.35. The number of hydrogen-bond donors (Lipinski definition) is 1. The van der Waals surface area contributed by atoms with Crippen molar-refractivity contribution in [3.8, 4) is 0 Å². The van der Waals surface area contributed by atoms with Crippen LogP contribution < -0.4 is 10.2 Å². The van der Waals surface area contributed by atoms with Gasteiger partial charge >= 0.3 is 0 Å². The highest BCUT2D eigenvalue weighted by molar-refractivity contribution is 7.12. The van der Waals surface area contributed by atoms with Gasteiger partial charge in [-0.15, -0.1) is 11.3 Å². The van der Waals surface area contributed by atoms with Crippen LogP contribution in [0.1, 0.15) is 20.0 Å². The Morgan fingerprint density at radius 1 is 0.897 bits per heavy atom. The first-order valence-corrected chi connectivity index (χ1v) is 10.6. The maximum Gasteiger partial charge on any atom is 0.265 e. The summed E-state index contributed by atoms with van der Waals surface area (Å²) in [6.45, 7) is 2.76. The fourth-order valence-electron chi connectivity index (χ4n) is 3.34. The molecule has 0 radical (unpaired) electrons. The van der Waals surface area contributed by atoms with Crippen molar-refractivity contribution in [2.75, 3.05) is 36.4 Å². The Morgan fingerprint density at radius 2 is 1.62 bits per heavy atom. The number of benzene rings is 2. The Labute approximate surface area is 178 Å². The number of carbonyl (C=O) groups is 2. The maximum atomic E-state index is 12.8. The largest absolute Gasteiger partial charge is 0.367 e. The van der Waals surface area contributed by atoms with Crippen LogP contribution in [0.25, 0.3) is 0 Å². The lowest BCUT2D eigenvalue weighted by molar-refractivity contribution is 0.0746. The lowest BCUT2D eigenvalue weighted by atomic mass is 10.1. The molecule has 2 heterocycles. The summed E-state index contributed by atoms with van der Waals surface area (Å²) in [5.74, 6) is -0.144. The average Bonchev–Trinajstić information content (AvgIpc) is 3.30. The molecule has 1 fully saturated rings. The summed E-state index contributed by atoms with van der Waals surface area (Å²) >= 11 is 7.68. The van der Waals surface area contributed by atoms with E-state index >= 15 is 0 Å². The standard InChI is InChI=1S/C22H20ClN3O2S/c23-18-4-1-2-5-19(18)25-11-13-26(14-12-25)22(28)16-7-9-17(10-8-16)24-21(27)20-6-3-15-29-20/h1-10,15H,11-14H2,(H,24,27). The van der Waals surface area contributed by atoms with Crippen LogP contribution in [0, 0.1) is 0 Å². The van der Waals surface area contributed by atoms with Crippen molar-refractivity contribution in [1.82, 2.24) is 4.90 Å². The molecule has 29 heavy (non-hydrogen) atoms. The predicted octanol–water partition coefficient (Wildman–Crippen LogP) is 4.62. The monoisotopic (exact) mass is 425 g/mol. The fraction of sp³-hybridized carbons (Fsp3) is 0.182. The van der Waals surface area contributed by atoms with E-state index in [0.717, 1.165) is 23.8 Å². The summed E-state index contributed by atoms with van der Waals surface area (Å²) < 4.78 is 0. The van der Waals surface area contributed by atoms with Crippen LogP contribution in [0.3, 0.4) is 0 Å². The molecule has 0 spiro atoms. The Bertz CT molecular complexity index is 997. The van der Waals surface area contributed by atoms with Gasteiger partial charge in [0.2, 0.25) is 0 Å². The van der Waals surface area contributed by atoms with Crippen molar-refractivity contribution in [2.45, 2.75) is 0 Å². The second-order valence-corrected chi connectivity index (χ2v) is 8.09. The maximum absolute atomic E-state index is 12.8. The third kappa shape index (κ3) is 4.44. The van der Waals surface area contributed by atoms with Crippen molar-refractivity contribution in [3.63, 3.8) is 0 Å². The normalized spacial score (nSPS) is 14.0. The third-order valence-corrected chi connectivity index (χ3v) is 6.08. The van der Waals surface area contributed by atoms with Gasteiger partial charge in [-0.1, -0.05) is 29.8 Å². The molecule has 0 unspecified atom stereocenters. The molecule has 148 valence electrons. The SMILES string of the molecule is O=C(Nc1ccc(C(=O)N2CCN(c3ccccc3Cl)CC2)cc1)c1cccs1. The van der Waals surface area contributed by atoms with Crippen LogP contribution in [-0.4, -0.2) is 42.9 Å². The van der Waals surface area contributed by atoms with Crippen molar-refractivity contribution in [1.29, 1.82) is 0 Å². The molecule has 0 atom stereocenters. The Morgan fingerprint density at radius 3 is 2.28 bits per heavy atom. The van der Waals surface area contributed by atoms with Crippen LogP contribution in [-0.2, 0) is 0 Å². The minimum atomic E-state index is -0.144. The molecule has 2 aromatic carbocycles. The van der Waals surface area contributed by atoms with Crippen LogP contribution in [0.4, 0.5) is 11.4 Å². The predicted molar refractivity (Wildman–Crippen MR) is 118 cm³/mol. The zero-order valence-electron chi connectivity index (χ0n) is 15.7. The number of halogens is 1. The van der Waals surface area contributed by atoms with E-state index in [0.29, 0.717) is 29.2 Å². The van der Waals surface area contributed by atoms with E-state index in [4.69, 9.17) is 11.6 Å². The molecule has 1 aliphatic rings. The summed E-state index contributed by atoms with van der Waals surface area (Å²) in [6, 6.07) is 18.4. The molecule has 0 aliphatic carbocycles. The summed E-state index contributed by atoms with van der Waals surface area (Å²) in [6.07, 6.45) is 0. The summed E-state index contributed by atoms with van der Waals surface area (Å²) in [5, 5.41) is 5.44.